The van der Waals surface area contributed by atoms with Crippen LogP contribution in [0.5, 0.6) is 0 Å². The molecule has 1 aromatic heterocycles. The molecule has 5 heteroatoms. The van der Waals surface area contributed by atoms with E-state index in [0.29, 0.717) is 0 Å². The number of pyridine rings is 1. The lowest BCUT2D eigenvalue weighted by molar-refractivity contribution is -0.116. The van der Waals surface area contributed by atoms with E-state index < -0.39 is 0 Å². The largest absolute Gasteiger partial charge is 0.324 e. The van der Waals surface area contributed by atoms with E-state index in [9.17, 15) is 9.59 Å². The van der Waals surface area contributed by atoms with Crippen LogP contribution in [0.1, 0.15) is 11.1 Å². The second kappa shape index (κ2) is 6.05. The van der Waals surface area contributed by atoms with Gasteiger partial charge in [-0.25, -0.2) is 0 Å². The van der Waals surface area contributed by atoms with Crippen molar-refractivity contribution < 1.29 is 4.79 Å². The SMILES string of the molecule is Cc1ccc(NC(=O)Cn2cc(Br)ccc2=O)c(C)c1. The van der Waals surface area contributed by atoms with Crippen LogP contribution in [0.25, 0.3) is 0 Å². The molecule has 20 heavy (non-hydrogen) atoms. The van der Waals surface area contributed by atoms with E-state index in [1.807, 2.05) is 32.0 Å². The Labute approximate surface area is 125 Å². The summed E-state index contributed by atoms with van der Waals surface area (Å²) >= 11 is 3.28. The quantitative estimate of drug-likeness (QED) is 0.938. The molecule has 2 rings (SSSR count). The van der Waals surface area contributed by atoms with Gasteiger partial charge in [-0.05, 0) is 47.5 Å². The van der Waals surface area contributed by atoms with Crippen molar-refractivity contribution in [2.24, 2.45) is 0 Å². The van der Waals surface area contributed by atoms with E-state index in [1.165, 1.54) is 10.6 Å². The zero-order chi connectivity index (χ0) is 14.7. The van der Waals surface area contributed by atoms with Gasteiger partial charge in [0.2, 0.25) is 5.91 Å². The standard InChI is InChI=1S/C15H15BrN2O2/c1-10-3-5-13(11(2)7-10)17-14(19)9-18-8-12(16)4-6-15(18)20/h3-8H,9H2,1-2H3,(H,17,19). The molecule has 0 bridgehead atoms. The van der Waals surface area contributed by atoms with Crippen molar-refractivity contribution in [1.82, 2.24) is 4.57 Å². The molecule has 0 saturated heterocycles. The van der Waals surface area contributed by atoms with Crippen LogP contribution in [-0.2, 0) is 11.3 Å². The number of carbonyl (C=O) groups excluding carboxylic acids is 1. The smallest absolute Gasteiger partial charge is 0.251 e. The summed E-state index contributed by atoms with van der Waals surface area (Å²) in [4.78, 5) is 23.6. The molecule has 1 aromatic carbocycles. The van der Waals surface area contributed by atoms with Gasteiger partial charge in [0.05, 0.1) is 0 Å². The summed E-state index contributed by atoms with van der Waals surface area (Å²) in [5.41, 5.74) is 2.70. The summed E-state index contributed by atoms with van der Waals surface area (Å²) < 4.78 is 2.12. The molecule has 0 aliphatic rings. The summed E-state index contributed by atoms with van der Waals surface area (Å²) in [5.74, 6) is -0.225. The van der Waals surface area contributed by atoms with Crippen LogP contribution < -0.4 is 10.9 Å². The fourth-order valence-corrected chi connectivity index (χ4v) is 2.30. The highest BCUT2D eigenvalue weighted by Crippen LogP contribution is 2.16. The third-order valence-electron chi connectivity index (χ3n) is 2.92. The zero-order valence-electron chi connectivity index (χ0n) is 11.3. The highest BCUT2D eigenvalue weighted by Gasteiger charge is 2.07. The molecule has 1 heterocycles. The molecule has 0 spiro atoms. The minimum Gasteiger partial charge on any atom is -0.324 e. The van der Waals surface area contributed by atoms with Gasteiger partial charge < -0.3 is 9.88 Å². The van der Waals surface area contributed by atoms with E-state index in [1.54, 1.807) is 12.3 Å². The maximum atomic E-state index is 12.0. The number of nitrogens with one attached hydrogen (secondary N) is 1. The molecule has 4 nitrogen and oxygen atoms in total. The number of rotatable bonds is 3. The topological polar surface area (TPSA) is 51.1 Å². The van der Waals surface area contributed by atoms with E-state index in [0.717, 1.165) is 21.3 Å². The molecule has 0 unspecified atom stereocenters. The minimum atomic E-state index is -0.225. The first-order chi connectivity index (χ1) is 9.45. The van der Waals surface area contributed by atoms with Crippen LogP contribution in [0.3, 0.4) is 0 Å². The van der Waals surface area contributed by atoms with Gasteiger partial charge in [0.1, 0.15) is 6.54 Å². The Kier molecular flexibility index (Phi) is 4.39. The number of aryl methyl sites for hydroxylation is 2. The average Bonchev–Trinajstić information content (AvgIpc) is 2.37. The van der Waals surface area contributed by atoms with Crippen molar-refractivity contribution in [1.29, 1.82) is 0 Å². The van der Waals surface area contributed by atoms with Gasteiger partial charge in [0.15, 0.2) is 0 Å². The molecule has 0 fully saturated rings. The lowest BCUT2D eigenvalue weighted by Crippen LogP contribution is -2.26. The van der Waals surface area contributed by atoms with E-state index in [-0.39, 0.29) is 18.0 Å². The molecule has 2 aromatic rings. The molecule has 104 valence electrons. The molecule has 0 radical (unpaired) electrons. The Hall–Kier alpha value is -1.88. The van der Waals surface area contributed by atoms with Crippen LogP contribution in [0.15, 0.2) is 45.8 Å². The lowest BCUT2D eigenvalue weighted by atomic mass is 10.1. The third-order valence-corrected chi connectivity index (χ3v) is 3.39. The molecular formula is C15H15BrN2O2. The predicted molar refractivity (Wildman–Crippen MR) is 82.9 cm³/mol. The summed E-state index contributed by atoms with van der Waals surface area (Å²) in [6.07, 6.45) is 1.60. The Balaban J connectivity index is 2.13. The van der Waals surface area contributed by atoms with Gasteiger partial charge in [-0.15, -0.1) is 0 Å². The first-order valence-corrected chi connectivity index (χ1v) is 6.98. The summed E-state index contributed by atoms with van der Waals surface area (Å²) in [7, 11) is 0. The van der Waals surface area contributed by atoms with Crippen molar-refractivity contribution in [2.45, 2.75) is 20.4 Å². The molecule has 1 amide bonds. The van der Waals surface area contributed by atoms with Gasteiger partial charge in [-0.2, -0.15) is 0 Å². The normalized spacial score (nSPS) is 10.3. The highest BCUT2D eigenvalue weighted by atomic mass is 79.9. The third kappa shape index (κ3) is 3.57. The summed E-state index contributed by atoms with van der Waals surface area (Å²) in [5, 5.41) is 2.82. The van der Waals surface area contributed by atoms with Gasteiger partial charge in [-0.1, -0.05) is 17.7 Å². The molecule has 0 atom stereocenters. The predicted octanol–water partition coefficient (Wildman–Crippen LogP) is 2.87. The molecular weight excluding hydrogens is 320 g/mol. The number of hydrogen-bond acceptors (Lipinski definition) is 2. The summed E-state index contributed by atoms with van der Waals surface area (Å²) in [6.45, 7) is 3.93. The maximum absolute atomic E-state index is 12.0. The van der Waals surface area contributed by atoms with Gasteiger partial charge in [0.25, 0.3) is 5.56 Å². The number of carbonyl (C=O) groups is 1. The molecule has 0 aliphatic carbocycles. The van der Waals surface area contributed by atoms with Crippen molar-refractivity contribution in [2.75, 3.05) is 5.32 Å². The Bertz CT molecular complexity index is 707. The second-order valence-electron chi connectivity index (χ2n) is 4.68. The Morgan fingerprint density at radius 3 is 2.70 bits per heavy atom. The van der Waals surface area contributed by atoms with Gasteiger partial charge >= 0.3 is 0 Å². The Morgan fingerprint density at radius 1 is 1.25 bits per heavy atom. The van der Waals surface area contributed by atoms with Crippen LogP contribution in [-0.4, -0.2) is 10.5 Å². The number of halogens is 1. The first kappa shape index (κ1) is 14.5. The van der Waals surface area contributed by atoms with E-state index in [4.69, 9.17) is 0 Å². The Morgan fingerprint density at radius 2 is 2.00 bits per heavy atom. The number of benzene rings is 1. The molecule has 0 saturated carbocycles. The van der Waals surface area contributed by atoms with Crippen LogP contribution >= 0.6 is 15.9 Å². The van der Waals surface area contributed by atoms with Gasteiger partial charge in [0, 0.05) is 22.4 Å². The fraction of sp³-hybridized carbons (Fsp3) is 0.200. The number of anilines is 1. The first-order valence-electron chi connectivity index (χ1n) is 6.19. The molecule has 1 N–H and O–H groups in total. The van der Waals surface area contributed by atoms with Crippen LogP contribution in [0.2, 0.25) is 0 Å². The number of amides is 1. The van der Waals surface area contributed by atoms with Crippen LogP contribution in [0.4, 0.5) is 5.69 Å². The van der Waals surface area contributed by atoms with Crippen molar-refractivity contribution in [3.05, 3.63) is 62.5 Å². The monoisotopic (exact) mass is 334 g/mol. The van der Waals surface area contributed by atoms with Crippen molar-refractivity contribution in [3.8, 4) is 0 Å². The minimum absolute atomic E-state index is 0.00834. The van der Waals surface area contributed by atoms with E-state index >= 15 is 0 Å². The van der Waals surface area contributed by atoms with Crippen molar-refractivity contribution >= 4 is 27.5 Å². The maximum Gasteiger partial charge on any atom is 0.251 e. The molecule has 0 aliphatic heterocycles. The average molecular weight is 335 g/mol. The highest BCUT2D eigenvalue weighted by molar-refractivity contribution is 9.10. The van der Waals surface area contributed by atoms with Gasteiger partial charge in [-0.3, -0.25) is 9.59 Å². The fourth-order valence-electron chi connectivity index (χ4n) is 1.92. The zero-order valence-corrected chi connectivity index (χ0v) is 12.9. The van der Waals surface area contributed by atoms with Crippen molar-refractivity contribution in [3.63, 3.8) is 0 Å². The van der Waals surface area contributed by atoms with E-state index in [2.05, 4.69) is 21.2 Å². The number of hydrogen-bond donors (Lipinski definition) is 1. The summed E-state index contributed by atoms with van der Waals surface area (Å²) in [6, 6.07) is 8.89. The number of nitrogens with zero attached hydrogens (tertiary/aromatic N) is 1. The number of aromatic nitrogens is 1. The lowest BCUT2D eigenvalue weighted by Gasteiger charge is -2.10. The second-order valence-corrected chi connectivity index (χ2v) is 5.60. The van der Waals surface area contributed by atoms with Crippen LogP contribution in [0, 0.1) is 13.8 Å².